The summed E-state index contributed by atoms with van der Waals surface area (Å²) in [7, 11) is 1.40. The van der Waals surface area contributed by atoms with Gasteiger partial charge in [0.25, 0.3) is 5.89 Å². The Hall–Kier alpha value is -4.46. The first-order valence-corrected chi connectivity index (χ1v) is 11.1. The summed E-state index contributed by atoms with van der Waals surface area (Å²) >= 11 is 0. The summed E-state index contributed by atoms with van der Waals surface area (Å²) < 4.78 is 24.9. The summed E-state index contributed by atoms with van der Waals surface area (Å²) in [6.07, 6.45) is 0. The molecule has 7 nitrogen and oxygen atoms in total. The van der Waals surface area contributed by atoms with Crippen LogP contribution in [0.4, 0.5) is 9.18 Å². The maximum Gasteiger partial charge on any atom is 0.322 e. The number of nitrogens with zero attached hydrogens (tertiary/aromatic N) is 3. The highest BCUT2D eigenvalue weighted by Crippen LogP contribution is 2.38. The van der Waals surface area contributed by atoms with E-state index in [9.17, 15) is 9.18 Å². The molecule has 0 aliphatic carbocycles. The molecule has 1 unspecified atom stereocenters. The van der Waals surface area contributed by atoms with Crippen molar-refractivity contribution < 1.29 is 18.4 Å². The van der Waals surface area contributed by atoms with E-state index >= 15 is 0 Å². The number of carbonyl (C=O) groups is 1. The van der Waals surface area contributed by atoms with E-state index in [1.165, 1.54) is 19.2 Å². The lowest BCUT2D eigenvalue weighted by Crippen LogP contribution is -2.45. The molecule has 2 heterocycles. The number of hydrogen-bond donors (Lipinski definition) is 1. The van der Waals surface area contributed by atoms with E-state index in [4.69, 9.17) is 9.26 Å². The highest BCUT2D eigenvalue weighted by Gasteiger charge is 2.35. The van der Waals surface area contributed by atoms with Crippen molar-refractivity contribution in [3.8, 4) is 17.1 Å². The molecule has 35 heavy (non-hydrogen) atoms. The van der Waals surface area contributed by atoms with Crippen molar-refractivity contribution in [3.63, 3.8) is 0 Å². The van der Waals surface area contributed by atoms with E-state index in [2.05, 4.69) is 15.5 Å². The number of hydrogen-bond acceptors (Lipinski definition) is 5. The molecule has 3 aromatic carbocycles. The van der Waals surface area contributed by atoms with Crippen molar-refractivity contribution in [1.82, 2.24) is 20.4 Å². The standard InChI is InChI=1S/C27H23FN4O3/c1-17-23(26-30-25(31-35-26)20-13-14-22(34-2)21(28)15-20)24(19-11-7-4-8-12-19)29-27(33)32(17)16-18-9-5-3-6-10-18/h3-15,24H,16H2,1-2H3,(H,29,33). The molecule has 0 bridgehead atoms. The van der Waals surface area contributed by atoms with Gasteiger partial charge >= 0.3 is 6.03 Å². The molecule has 1 aliphatic heterocycles. The van der Waals surface area contributed by atoms with Gasteiger partial charge in [0, 0.05) is 11.3 Å². The maximum atomic E-state index is 14.3. The molecule has 0 saturated heterocycles. The lowest BCUT2D eigenvalue weighted by molar-refractivity contribution is 0.203. The number of benzene rings is 3. The molecule has 0 saturated carbocycles. The zero-order valence-electron chi connectivity index (χ0n) is 19.2. The van der Waals surface area contributed by atoms with Crippen LogP contribution in [0.1, 0.15) is 30.0 Å². The summed E-state index contributed by atoms with van der Waals surface area (Å²) in [6, 6.07) is 23.1. The normalized spacial score (nSPS) is 15.8. The van der Waals surface area contributed by atoms with Crippen LogP contribution in [-0.4, -0.2) is 28.2 Å². The quantitative estimate of drug-likeness (QED) is 0.398. The Morgan fingerprint density at radius 2 is 1.77 bits per heavy atom. The zero-order valence-corrected chi connectivity index (χ0v) is 19.2. The summed E-state index contributed by atoms with van der Waals surface area (Å²) in [5.41, 5.74) is 3.69. The molecular weight excluding hydrogens is 447 g/mol. The van der Waals surface area contributed by atoms with Gasteiger partial charge in [-0.05, 0) is 36.2 Å². The number of halogens is 1. The third-order valence-electron chi connectivity index (χ3n) is 5.98. The Balaban J connectivity index is 1.58. The van der Waals surface area contributed by atoms with Gasteiger partial charge in [0.2, 0.25) is 5.82 Å². The summed E-state index contributed by atoms with van der Waals surface area (Å²) in [6.45, 7) is 2.25. The topological polar surface area (TPSA) is 80.5 Å². The van der Waals surface area contributed by atoms with Gasteiger partial charge in [-0.25, -0.2) is 9.18 Å². The number of methoxy groups -OCH3 is 1. The Kier molecular flexibility index (Phi) is 6.01. The van der Waals surface area contributed by atoms with E-state index < -0.39 is 11.9 Å². The number of aromatic nitrogens is 2. The average molecular weight is 471 g/mol. The highest BCUT2D eigenvalue weighted by atomic mass is 19.1. The van der Waals surface area contributed by atoms with Crippen LogP contribution in [0.5, 0.6) is 5.75 Å². The van der Waals surface area contributed by atoms with Crippen molar-refractivity contribution in [2.24, 2.45) is 0 Å². The van der Waals surface area contributed by atoms with Crippen molar-refractivity contribution in [2.75, 3.05) is 7.11 Å². The minimum absolute atomic E-state index is 0.131. The Bertz CT molecular complexity index is 1390. The first-order valence-electron chi connectivity index (χ1n) is 11.1. The number of nitrogens with one attached hydrogen (secondary N) is 1. The maximum absolute atomic E-state index is 14.3. The highest BCUT2D eigenvalue weighted by molar-refractivity contribution is 5.86. The van der Waals surface area contributed by atoms with Gasteiger partial charge in [-0.15, -0.1) is 0 Å². The third-order valence-corrected chi connectivity index (χ3v) is 5.98. The predicted molar refractivity (Wildman–Crippen MR) is 129 cm³/mol. The monoisotopic (exact) mass is 470 g/mol. The van der Waals surface area contributed by atoms with Crippen LogP contribution in [0, 0.1) is 5.82 Å². The average Bonchev–Trinajstić information content (AvgIpc) is 3.37. The smallest absolute Gasteiger partial charge is 0.322 e. The zero-order chi connectivity index (χ0) is 24.4. The minimum Gasteiger partial charge on any atom is -0.494 e. The van der Waals surface area contributed by atoms with Crippen LogP contribution >= 0.6 is 0 Å². The Morgan fingerprint density at radius 1 is 1.06 bits per heavy atom. The van der Waals surface area contributed by atoms with Crippen molar-refractivity contribution in [2.45, 2.75) is 19.5 Å². The predicted octanol–water partition coefficient (Wildman–Crippen LogP) is 5.58. The molecule has 1 atom stereocenters. The second-order valence-electron chi connectivity index (χ2n) is 8.14. The summed E-state index contributed by atoms with van der Waals surface area (Å²) in [5, 5.41) is 7.17. The number of rotatable bonds is 6. The number of ether oxygens (including phenoxy) is 1. The number of carbonyl (C=O) groups excluding carboxylic acids is 1. The largest absolute Gasteiger partial charge is 0.494 e. The van der Waals surface area contributed by atoms with Gasteiger partial charge in [-0.1, -0.05) is 65.8 Å². The molecule has 1 aromatic heterocycles. The molecule has 0 radical (unpaired) electrons. The Morgan fingerprint density at radius 3 is 2.46 bits per heavy atom. The third kappa shape index (κ3) is 4.38. The van der Waals surface area contributed by atoms with Crippen molar-refractivity contribution in [1.29, 1.82) is 0 Å². The number of amides is 2. The Labute approximate surface area is 201 Å². The first-order chi connectivity index (χ1) is 17.0. The SMILES string of the molecule is COc1ccc(-c2noc(C3=C(C)N(Cc4ccccc4)C(=O)NC3c3ccccc3)n2)cc1F. The van der Waals surface area contributed by atoms with Crippen molar-refractivity contribution in [3.05, 3.63) is 107 Å². The van der Waals surface area contributed by atoms with Gasteiger partial charge in [0.1, 0.15) is 0 Å². The van der Waals surface area contributed by atoms with Crippen LogP contribution in [0.2, 0.25) is 0 Å². The van der Waals surface area contributed by atoms with Gasteiger partial charge in [-0.2, -0.15) is 4.98 Å². The molecule has 4 aromatic rings. The van der Waals surface area contributed by atoms with E-state index in [1.54, 1.807) is 11.0 Å². The van der Waals surface area contributed by atoms with E-state index in [0.717, 1.165) is 11.1 Å². The fourth-order valence-corrected chi connectivity index (χ4v) is 4.17. The molecule has 5 rings (SSSR count). The summed E-state index contributed by atoms with van der Waals surface area (Å²) in [5.74, 6) is 0.0976. The molecule has 2 amide bonds. The number of allylic oxidation sites excluding steroid dienone is 1. The van der Waals surface area contributed by atoms with Crippen LogP contribution in [0.15, 0.2) is 89.1 Å². The molecule has 1 N–H and O–H groups in total. The fraction of sp³-hybridized carbons (Fsp3) is 0.148. The van der Waals surface area contributed by atoms with Crippen molar-refractivity contribution >= 4 is 11.6 Å². The summed E-state index contributed by atoms with van der Waals surface area (Å²) in [4.78, 5) is 19.4. The lowest BCUT2D eigenvalue weighted by atomic mass is 9.94. The second-order valence-corrected chi connectivity index (χ2v) is 8.14. The van der Waals surface area contributed by atoms with Crippen LogP contribution in [0.3, 0.4) is 0 Å². The van der Waals surface area contributed by atoms with Crippen LogP contribution in [-0.2, 0) is 6.54 Å². The molecule has 1 aliphatic rings. The van der Waals surface area contributed by atoms with Gasteiger partial charge in [-0.3, -0.25) is 4.90 Å². The minimum atomic E-state index is -0.520. The van der Waals surface area contributed by atoms with E-state index in [0.29, 0.717) is 23.4 Å². The van der Waals surface area contributed by atoms with E-state index in [-0.39, 0.29) is 23.5 Å². The van der Waals surface area contributed by atoms with Gasteiger partial charge in [0.05, 0.1) is 25.3 Å². The molecule has 0 fully saturated rings. The fourth-order valence-electron chi connectivity index (χ4n) is 4.17. The molecule has 176 valence electrons. The molecule has 8 heteroatoms. The molecule has 0 spiro atoms. The van der Waals surface area contributed by atoms with Crippen LogP contribution < -0.4 is 10.1 Å². The molecular formula is C27H23FN4O3. The van der Waals surface area contributed by atoms with Gasteiger partial charge in [0.15, 0.2) is 11.6 Å². The first kappa shape index (κ1) is 22.3. The second kappa shape index (κ2) is 9.42. The lowest BCUT2D eigenvalue weighted by Gasteiger charge is -2.35. The van der Waals surface area contributed by atoms with E-state index in [1.807, 2.05) is 67.6 Å². The van der Waals surface area contributed by atoms with Crippen LogP contribution in [0.25, 0.3) is 17.0 Å². The van der Waals surface area contributed by atoms with Gasteiger partial charge < -0.3 is 14.6 Å². The number of urea groups is 1.